The van der Waals surface area contributed by atoms with E-state index in [9.17, 15) is 0 Å². The van der Waals surface area contributed by atoms with E-state index >= 15 is 0 Å². The molecule has 0 saturated heterocycles. The Morgan fingerprint density at radius 3 is 2.65 bits per heavy atom. The van der Waals surface area contributed by atoms with Gasteiger partial charge in [-0.2, -0.15) is 0 Å². The van der Waals surface area contributed by atoms with Crippen molar-refractivity contribution in [2.45, 2.75) is 6.54 Å². The van der Waals surface area contributed by atoms with Gasteiger partial charge in [-0.15, -0.1) is 24.0 Å². The van der Waals surface area contributed by atoms with Gasteiger partial charge in [-0.1, -0.05) is 11.6 Å². The first-order chi connectivity index (χ1) is 10.7. The third-order valence-electron chi connectivity index (χ3n) is 3.08. The molecular weight excluding hydrogens is 429 g/mol. The summed E-state index contributed by atoms with van der Waals surface area (Å²) in [6.45, 7) is 1.86. The Morgan fingerprint density at radius 2 is 2.04 bits per heavy atom. The van der Waals surface area contributed by atoms with Gasteiger partial charge in [-0.05, 0) is 36.4 Å². The Morgan fingerprint density at radius 1 is 1.30 bits per heavy atom. The minimum atomic E-state index is 0. The lowest BCUT2D eigenvalue weighted by molar-refractivity contribution is 0.281. The van der Waals surface area contributed by atoms with Gasteiger partial charge in [-0.3, -0.25) is 4.99 Å². The standard InChI is InChI=1S/C16H20ClN3O2.HI/c1-18-16(19-12-15-4-3-10-21-15)20(2)9-11-22-14-7-5-13(17)6-8-14;/h3-8,10H,9,11-12H2,1-2H3,(H,18,19);1H. The van der Waals surface area contributed by atoms with Crippen molar-refractivity contribution in [1.29, 1.82) is 0 Å². The highest BCUT2D eigenvalue weighted by atomic mass is 127. The third kappa shape index (κ3) is 6.70. The van der Waals surface area contributed by atoms with Crippen LogP contribution in [0.2, 0.25) is 5.02 Å². The van der Waals surface area contributed by atoms with E-state index in [0.717, 1.165) is 17.5 Å². The van der Waals surface area contributed by atoms with E-state index in [1.165, 1.54) is 0 Å². The zero-order valence-corrected chi connectivity index (χ0v) is 16.2. The molecule has 2 aromatic rings. The normalized spacial score (nSPS) is 10.8. The van der Waals surface area contributed by atoms with Gasteiger partial charge in [0, 0.05) is 19.1 Å². The van der Waals surface area contributed by atoms with E-state index in [4.69, 9.17) is 20.8 Å². The van der Waals surface area contributed by atoms with Gasteiger partial charge in [-0.25, -0.2) is 0 Å². The van der Waals surface area contributed by atoms with Crippen molar-refractivity contribution in [2.75, 3.05) is 27.2 Å². The zero-order chi connectivity index (χ0) is 15.8. The third-order valence-corrected chi connectivity index (χ3v) is 3.34. The average molecular weight is 450 g/mol. The summed E-state index contributed by atoms with van der Waals surface area (Å²) in [5, 5.41) is 3.94. The molecule has 0 atom stereocenters. The molecule has 0 aliphatic heterocycles. The van der Waals surface area contributed by atoms with E-state index in [2.05, 4.69) is 10.3 Å². The van der Waals surface area contributed by atoms with Crippen molar-refractivity contribution < 1.29 is 9.15 Å². The second kappa shape index (κ2) is 10.4. The first kappa shape index (κ1) is 19.6. The number of guanidine groups is 1. The molecule has 23 heavy (non-hydrogen) atoms. The van der Waals surface area contributed by atoms with Gasteiger partial charge in [0.05, 0.1) is 19.4 Å². The van der Waals surface area contributed by atoms with Gasteiger partial charge < -0.3 is 19.4 Å². The number of benzene rings is 1. The molecule has 0 fully saturated rings. The number of likely N-dealkylation sites (N-methyl/N-ethyl adjacent to an activating group) is 1. The number of aliphatic imine (C=N–C) groups is 1. The summed E-state index contributed by atoms with van der Waals surface area (Å²) in [6, 6.07) is 11.1. The molecule has 126 valence electrons. The van der Waals surface area contributed by atoms with Crippen LogP contribution < -0.4 is 10.1 Å². The van der Waals surface area contributed by atoms with E-state index < -0.39 is 0 Å². The fourth-order valence-electron chi connectivity index (χ4n) is 1.90. The van der Waals surface area contributed by atoms with Crippen molar-refractivity contribution in [3.63, 3.8) is 0 Å². The lowest BCUT2D eigenvalue weighted by atomic mass is 10.3. The van der Waals surface area contributed by atoms with Gasteiger partial charge in [0.25, 0.3) is 0 Å². The monoisotopic (exact) mass is 449 g/mol. The highest BCUT2D eigenvalue weighted by Gasteiger charge is 2.06. The van der Waals surface area contributed by atoms with Gasteiger partial charge in [0.2, 0.25) is 0 Å². The first-order valence-electron chi connectivity index (χ1n) is 7.01. The van der Waals surface area contributed by atoms with Crippen molar-refractivity contribution in [2.24, 2.45) is 4.99 Å². The number of rotatable bonds is 6. The van der Waals surface area contributed by atoms with Gasteiger partial charge in [0.1, 0.15) is 18.1 Å². The molecule has 1 aromatic carbocycles. The molecule has 5 nitrogen and oxygen atoms in total. The molecule has 0 saturated carbocycles. The molecule has 1 heterocycles. The predicted octanol–water partition coefficient (Wildman–Crippen LogP) is 3.64. The fourth-order valence-corrected chi connectivity index (χ4v) is 2.03. The summed E-state index contributed by atoms with van der Waals surface area (Å²) in [7, 11) is 3.71. The Balaban J connectivity index is 0.00000264. The number of furan rings is 1. The van der Waals surface area contributed by atoms with Crippen molar-refractivity contribution >= 4 is 41.5 Å². The first-order valence-corrected chi connectivity index (χ1v) is 7.39. The Labute approximate surface area is 158 Å². The number of nitrogens with zero attached hydrogens (tertiary/aromatic N) is 2. The lowest BCUT2D eigenvalue weighted by Gasteiger charge is -2.21. The molecular formula is C16H21ClIN3O2. The smallest absolute Gasteiger partial charge is 0.193 e. The van der Waals surface area contributed by atoms with Gasteiger partial charge in [0.15, 0.2) is 5.96 Å². The molecule has 0 aliphatic carbocycles. The lowest BCUT2D eigenvalue weighted by Crippen LogP contribution is -2.40. The van der Waals surface area contributed by atoms with Crippen LogP contribution in [0.4, 0.5) is 0 Å². The highest BCUT2D eigenvalue weighted by Crippen LogP contribution is 2.15. The maximum absolute atomic E-state index is 5.84. The molecule has 0 bridgehead atoms. The van der Waals surface area contributed by atoms with Crippen LogP contribution >= 0.6 is 35.6 Å². The molecule has 1 N–H and O–H groups in total. The summed E-state index contributed by atoms with van der Waals surface area (Å²) in [5.41, 5.74) is 0. The van der Waals surface area contributed by atoms with Crippen LogP contribution in [0.5, 0.6) is 5.75 Å². The van der Waals surface area contributed by atoms with Gasteiger partial charge >= 0.3 is 0 Å². The average Bonchev–Trinajstić information content (AvgIpc) is 3.03. The molecule has 0 amide bonds. The van der Waals surface area contributed by atoms with E-state index in [1.807, 2.05) is 48.3 Å². The maximum Gasteiger partial charge on any atom is 0.193 e. The molecule has 2 rings (SSSR count). The Bertz CT molecular complexity index is 588. The molecule has 0 aliphatic rings. The molecule has 0 spiro atoms. The van der Waals surface area contributed by atoms with Crippen LogP contribution in [-0.4, -0.2) is 38.1 Å². The van der Waals surface area contributed by atoms with Crippen LogP contribution in [0, 0.1) is 0 Å². The van der Waals surface area contributed by atoms with Crippen LogP contribution in [0.1, 0.15) is 5.76 Å². The predicted molar refractivity (Wildman–Crippen MR) is 104 cm³/mol. The number of halogens is 2. The van der Waals surface area contributed by atoms with Crippen molar-refractivity contribution in [3.05, 3.63) is 53.4 Å². The maximum atomic E-state index is 5.84. The van der Waals surface area contributed by atoms with Crippen LogP contribution in [0.15, 0.2) is 52.1 Å². The molecule has 0 radical (unpaired) electrons. The number of ether oxygens (including phenoxy) is 1. The topological polar surface area (TPSA) is 50.0 Å². The number of hydrogen-bond acceptors (Lipinski definition) is 3. The van der Waals surface area contributed by atoms with Crippen molar-refractivity contribution in [1.82, 2.24) is 10.2 Å². The second-order valence-electron chi connectivity index (χ2n) is 4.70. The minimum absolute atomic E-state index is 0. The van der Waals surface area contributed by atoms with E-state index in [1.54, 1.807) is 13.3 Å². The zero-order valence-electron chi connectivity index (χ0n) is 13.2. The molecule has 7 heteroatoms. The largest absolute Gasteiger partial charge is 0.492 e. The molecule has 0 unspecified atom stereocenters. The minimum Gasteiger partial charge on any atom is -0.492 e. The Hall–Kier alpha value is -1.41. The quantitative estimate of drug-likeness (QED) is 0.416. The van der Waals surface area contributed by atoms with E-state index in [-0.39, 0.29) is 24.0 Å². The summed E-state index contributed by atoms with van der Waals surface area (Å²) >= 11 is 5.84. The number of hydrogen-bond donors (Lipinski definition) is 1. The van der Waals surface area contributed by atoms with Crippen LogP contribution in [-0.2, 0) is 6.54 Å². The summed E-state index contributed by atoms with van der Waals surface area (Å²) in [4.78, 5) is 6.24. The van der Waals surface area contributed by atoms with Crippen molar-refractivity contribution in [3.8, 4) is 5.75 Å². The Kier molecular flexibility index (Phi) is 8.86. The summed E-state index contributed by atoms with van der Waals surface area (Å²) in [5.74, 6) is 2.46. The van der Waals surface area contributed by atoms with Crippen LogP contribution in [0.25, 0.3) is 0 Å². The van der Waals surface area contributed by atoms with E-state index in [0.29, 0.717) is 24.7 Å². The molecule has 1 aromatic heterocycles. The summed E-state index contributed by atoms with van der Waals surface area (Å²) < 4.78 is 11.0. The van der Waals surface area contributed by atoms with Crippen LogP contribution in [0.3, 0.4) is 0 Å². The second-order valence-corrected chi connectivity index (χ2v) is 5.14. The fraction of sp³-hybridized carbons (Fsp3) is 0.312. The number of nitrogens with one attached hydrogen (secondary N) is 1. The summed E-state index contributed by atoms with van der Waals surface area (Å²) in [6.07, 6.45) is 1.66. The SMILES string of the molecule is CN=C(NCc1ccco1)N(C)CCOc1ccc(Cl)cc1.I. The highest BCUT2D eigenvalue weighted by molar-refractivity contribution is 14.0.